The number of rotatable bonds is 5. The van der Waals surface area contributed by atoms with Crippen LogP contribution in [0, 0.1) is 0 Å². The normalized spacial score (nSPS) is 11.3. The number of hydrogen-bond donors (Lipinski definition) is 0. The molecule has 1 aromatic carbocycles. The number of carbonyl (C=O) groups excluding carboxylic acids is 1. The van der Waals surface area contributed by atoms with Crippen LogP contribution in [-0.2, 0) is 0 Å². The van der Waals surface area contributed by atoms with Crippen molar-refractivity contribution in [2.45, 2.75) is 25.9 Å². The predicted octanol–water partition coefficient (Wildman–Crippen LogP) is 3.61. The third-order valence-corrected chi connectivity index (χ3v) is 2.11. The Morgan fingerprint density at radius 2 is 2.06 bits per heavy atom. The molecule has 0 aliphatic heterocycles. The third-order valence-electron chi connectivity index (χ3n) is 2.11. The predicted molar refractivity (Wildman–Crippen MR) is 57.2 cm³/mol. The number of alkyl halides is 3. The van der Waals surface area contributed by atoms with E-state index in [2.05, 4.69) is 0 Å². The fourth-order valence-corrected chi connectivity index (χ4v) is 1.27. The van der Waals surface area contributed by atoms with E-state index in [0.717, 1.165) is 0 Å². The van der Waals surface area contributed by atoms with Gasteiger partial charge in [0.15, 0.2) is 5.78 Å². The van der Waals surface area contributed by atoms with Crippen molar-refractivity contribution in [3.63, 3.8) is 0 Å². The highest BCUT2D eigenvalue weighted by Gasteiger charge is 2.26. The molecule has 0 atom stereocenters. The maximum Gasteiger partial charge on any atom is 0.389 e. The molecule has 0 unspecified atom stereocenters. The van der Waals surface area contributed by atoms with E-state index in [9.17, 15) is 18.0 Å². The molecule has 0 aliphatic rings. The lowest BCUT2D eigenvalue weighted by molar-refractivity contribution is -0.136. The molecule has 1 rings (SSSR count). The zero-order valence-electron chi connectivity index (χ0n) is 9.38. The molecule has 17 heavy (non-hydrogen) atoms. The highest BCUT2D eigenvalue weighted by molar-refractivity contribution is 5.94. The second-order valence-corrected chi connectivity index (χ2v) is 3.65. The summed E-state index contributed by atoms with van der Waals surface area (Å²) >= 11 is 0. The molecule has 0 saturated carbocycles. The van der Waals surface area contributed by atoms with Crippen LogP contribution in [-0.4, -0.2) is 18.6 Å². The molecule has 2 nitrogen and oxygen atoms in total. The van der Waals surface area contributed by atoms with Crippen molar-refractivity contribution < 1.29 is 22.7 Å². The summed E-state index contributed by atoms with van der Waals surface area (Å²) in [6.45, 7) is 1.41. The Bertz CT molecular complexity index is 386. The van der Waals surface area contributed by atoms with Crippen molar-refractivity contribution in [2.75, 3.05) is 6.61 Å². The molecular formula is C12H13F3O2. The van der Waals surface area contributed by atoms with Crippen LogP contribution in [0.15, 0.2) is 24.3 Å². The van der Waals surface area contributed by atoms with Crippen molar-refractivity contribution in [3.05, 3.63) is 29.8 Å². The summed E-state index contributed by atoms with van der Waals surface area (Å²) in [4.78, 5) is 11.1. The summed E-state index contributed by atoms with van der Waals surface area (Å²) < 4.78 is 40.7. The topological polar surface area (TPSA) is 26.3 Å². The Morgan fingerprint density at radius 1 is 1.35 bits per heavy atom. The smallest absolute Gasteiger partial charge is 0.389 e. The maximum atomic E-state index is 11.9. The maximum absolute atomic E-state index is 11.9. The molecule has 94 valence electrons. The minimum Gasteiger partial charge on any atom is -0.494 e. The van der Waals surface area contributed by atoms with Gasteiger partial charge < -0.3 is 4.74 Å². The average Bonchev–Trinajstić information content (AvgIpc) is 2.23. The Kier molecular flexibility index (Phi) is 4.54. The summed E-state index contributed by atoms with van der Waals surface area (Å²) in [6.07, 6.45) is -5.10. The van der Waals surface area contributed by atoms with E-state index in [-0.39, 0.29) is 18.8 Å². The quantitative estimate of drug-likeness (QED) is 0.586. The van der Waals surface area contributed by atoms with Gasteiger partial charge in [0.1, 0.15) is 5.75 Å². The molecule has 0 amide bonds. The summed E-state index contributed by atoms with van der Waals surface area (Å²) in [5.74, 6) is 0.311. The minimum absolute atomic E-state index is 0.0130. The van der Waals surface area contributed by atoms with Crippen molar-refractivity contribution in [3.8, 4) is 5.75 Å². The number of ketones is 1. The molecule has 0 fully saturated rings. The zero-order chi connectivity index (χ0) is 12.9. The minimum atomic E-state index is -4.15. The van der Waals surface area contributed by atoms with E-state index in [1.54, 1.807) is 18.2 Å². The van der Waals surface area contributed by atoms with Gasteiger partial charge in [0.2, 0.25) is 0 Å². The van der Waals surface area contributed by atoms with Gasteiger partial charge in [-0.15, -0.1) is 0 Å². The largest absolute Gasteiger partial charge is 0.494 e. The van der Waals surface area contributed by atoms with E-state index in [1.807, 2.05) is 0 Å². The van der Waals surface area contributed by atoms with E-state index < -0.39 is 12.6 Å². The first-order chi connectivity index (χ1) is 7.88. The van der Waals surface area contributed by atoms with Gasteiger partial charge in [0, 0.05) is 12.0 Å². The van der Waals surface area contributed by atoms with Gasteiger partial charge >= 0.3 is 6.18 Å². The van der Waals surface area contributed by atoms with Gasteiger partial charge in [-0.25, -0.2) is 0 Å². The molecule has 0 saturated heterocycles. The van der Waals surface area contributed by atoms with Crippen LogP contribution in [0.1, 0.15) is 30.1 Å². The summed E-state index contributed by atoms with van der Waals surface area (Å²) in [5.41, 5.74) is 0.485. The van der Waals surface area contributed by atoms with Crippen LogP contribution in [0.2, 0.25) is 0 Å². The molecule has 5 heteroatoms. The van der Waals surface area contributed by atoms with E-state index >= 15 is 0 Å². The van der Waals surface area contributed by atoms with Crippen LogP contribution in [0.3, 0.4) is 0 Å². The summed E-state index contributed by atoms with van der Waals surface area (Å²) in [6, 6.07) is 6.40. The van der Waals surface area contributed by atoms with E-state index in [1.165, 1.54) is 13.0 Å². The van der Waals surface area contributed by atoms with Crippen molar-refractivity contribution in [1.29, 1.82) is 0 Å². The lowest BCUT2D eigenvalue weighted by atomic mass is 10.1. The van der Waals surface area contributed by atoms with Gasteiger partial charge in [-0.2, -0.15) is 13.2 Å². The van der Waals surface area contributed by atoms with E-state index in [4.69, 9.17) is 4.74 Å². The highest BCUT2D eigenvalue weighted by atomic mass is 19.4. The number of hydrogen-bond acceptors (Lipinski definition) is 2. The Balaban J connectivity index is 2.42. The number of Topliss-reactive ketones (excluding diaryl/α,β-unsaturated/α-hetero) is 1. The van der Waals surface area contributed by atoms with Crippen LogP contribution in [0.25, 0.3) is 0 Å². The molecule has 1 aromatic rings. The van der Waals surface area contributed by atoms with Crippen molar-refractivity contribution in [2.24, 2.45) is 0 Å². The molecule has 0 aromatic heterocycles. The first kappa shape index (κ1) is 13.5. The van der Waals surface area contributed by atoms with Gasteiger partial charge in [-0.3, -0.25) is 4.79 Å². The number of carbonyl (C=O) groups is 1. The molecule has 0 aliphatic carbocycles. The number of halogens is 3. The first-order valence-corrected chi connectivity index (χ1v) is 5.19. The van der Waals surface area contributed by atoms with Gasteiger partial charge in [-0.1, -0.05) is 12.1 Å². The lowest BCUT2D eigenvalue weighted by Gasteiger charge is -2.08. The van der Waals surface area contributed by atoms with Gasteiger partial charge in [-0.05, 0) is 25.5 Å². The van der Waals surface area contributed by atoms with Gasteiger partial charge in [0.25, 0.3) is 0 Å². The number of benzene rings is 1. The molecule has 0 radical (unpaired) electrons. The van der Waals surface area contributed by atoms with Gasteiger partial charge in [0.05, 0.1) is 6.61 Å². The molecule has 0 heterocycles. The monoisotopic (exact) mass is 246 g/mol. The SMILES string of the molecule is CC(=O)c1cccc(OCCCC(F)(F)F)c1. The highest BCUT2D eigenvalue weighted by Crippen LogP contribution is 2.21. The molecular weight excluding hydrogens is 233 g/mol. The Hall–Kier alpha value is -1.52. The van der Waals surface area contributed by atoms with Crippen molar-refractivity contribution in [1.82, 2.24) is 0 Å². The fourth-order valence-electron chi connectivity index (χ4n) is 1.27. The van der Waals surface area contributed by atoms with Crippen LogP contribution < -0.4 is 4.74 Å². The van der Waals surface area contributed by atoms with Crippen LogP contribution in [0.5, 0.6) is 5.75 Å². The molecule has 0 N–H and O–H groups in total. The van der Waals surface area contributed by atoms with E-state index in [0.29, 0.717) is 11.3 Å². The second-order valence-electron chi connectivity index (χ2n) is 3.65. The summed E-state index contributed by atoms with van der Waals surface area (Å²) in [5, 5.41) is 0. The first-order valence-electron chi connectivity index (χ1n) is 5.19. The average molecular weight is 246 g/mol. The Morgan fingerprint density at radius 3 is 2.65 bits per heavy atom. The molecule has 0 spiro atoms. The summed E-state index contributed by atoms with van der Waals surface area (Å²) in [7, 11) is 0. The third kappa shape index (κ3) is 5.38. The van der Waals surface area contributed by atoms with Crippen LogP contribution in [0.4, 0.5) is 13.2 Å². The van der Waals surface area contributed by atoms with Crippen molar-refractivity contribution >= 4 is 5.78 Å². The molecule has 0 bridgehead atoms. The zero-order valence-corrected chi connectivity index (χ0v) is 9.38. The lowest BCUT2D eigenvalue weighted by Crippen LogP contribution is -2.09. The standard InChI is InChI=1S/C12H13F3O2/c1-9(16)10-4-2-5-11(8-10)17-7-3-6-12(13,14)15/h2,4-5,8H,3,6-7H2,1H3. The Labute approximate surface area is 97.4 Å². The number of ether oxygens (including phenoxy) is 1. The van der Waals surface area contributed by atoms with Crippen LogP contribution >= 0.6 is 0 Å². The second kappa shape index (κ2) is 5.70. The fraction of sp³-hybridized carbons (Fsp3) is 0.417.